The second-order valence-corrected chi connectivity index (χ2v) is 8.84. The van der Waals surface area contributed by atoms with Gasteiger partial charge >= 0.3 is 11.9 Å². The molecular weight excluding hydrogens is 434 g/mol. The number of carboxylic acid groups (broad SMARTS) is 2. The van der Waals surface area contributed by atoms with Crippen LogP contribution in [-0.4, -0.2) is 46.5 Å². The van der Waals surface area contributed by atoms with Crippen LogP contribution in [0.4, 0.5) is 5.69 Å². The molecule has 2 rings (SSSR count). The molecule has 0 aliphatic carbocycles. The number of nitrogens with zero attached hydrogens (tertiary/aromatic N) is 1. The number of anilines is 1. The van der Waals surface area contributed by atoms with Gasteiger partial charge in [-0.1, -0.05) is 38.1 Å². The van der Waals surface area contributed by atoms with Crippen LogP contribution < -0.4 is 9.64 Å². The number of benzene rings is 2. The fourth-order valence-corrected chi connectivity index (χ4v) is 3.94. The van der Waals surface area contributed by atoms with Crippen molar-refractivity contribution >= 4 is 17.6 Å². The molecule has 2 aromatic carbocycles. The topological polar surface area (TPSA) is 107 Å². The van der Waals surface area contributed by atoms with E-state index in [9.17, 15) is 14.7 Å². The van der Waals surface area contributed by atoms with Crippen LogP contribution in [0.3, 0.4) is 0 Å². The van der Waals surface area contributed by atoms with Crippen LogP contribution in [0, 0.1) is 0 Å². The summed E-state index contributed by atoms with van der Waals surface area (Å²) in [6.45, 7) is 5.17. The van der Waals surface area contributed by atoms with E-state index in [1.165, 1.54) is 0 Å². The Bertz CT molecular complexity index is 954. The molecule has 186 valence electrons. The van der Waals surface area contributed by atoms with Crippen LogP contribution in [0.5, 0.6) is 5.75 Å². The van der Waals surface area contributed by atoms with Crippen molar-refractivity contribution in [2.24, 2.45) is 0 Å². The van der Waals surface area contributed by atoms with E-state index in [0.29, 0.717) is 16.9 Å². The zero-order valence-corrected chi connectivity index (χ0v) is 20.4. The first kappa shape index (κ1) is 27.2. The number of rotatable bonds is 15. The minimum atomic E-state index is -1.01. The number of hydrogen-bond acceptors (Lipinski definition) is 5. The molecule has 0 unspecified atom stereocenters. The maximum atomic E-state index is 11.2. The molecule has 0 aliphatic heterocycles. The van der Waals surface area contributed by atoms with Gasteiger partial charge in [-0.05, 0) is 60.9 Å². The monoisotopic (exact) mass is 471 g/mol. The van der Waals surface area contributed by atoms with E-state index >= 15 is 0 Å². The summed E-state index contributed by atoms with van der Waals surface area (Å²) in [5.41, 5.74) is 2.24. The van der Waals surface area contributed by atoms with E-state index in [4.69, 9.17) is 14.9 Å². The molecule has 3 N–H and O–H groups in total. The smallest absolute Gasteiger partial charge is 0.307 e. The van der Waals surface area contributed by atoms with E-state index in [1.54, 1.807) is 18.2 Å². The van der Waals surface area contributed by atoms with Crippen molar-refractivity contribution in [2.75, 3.05) is 18.5 Å². The lowest BCUT2D eigenvalue weighted by Crippen LogP contribution is -2.27. The Morgan fingerprint density at radius 2 is 1.62 bits per heavy atom. The SMILES string of the molecule is CCC(O)(CC)CCCCN(C)c1cccc(OCc2ccc(CC(=O)O)c(CC(=O)O)c2)c1. The van der Waals surface area contributed by atoms with Gasteiger partial charge in [0.1, 0.15) is 12.4 Å². The highest BCUT2D eigenvalue weighted by molar-refractivity contribution is 5.74. The van der Waals surface area contributed by atoms with Crippen molar-refractivity contribution in [1.82, 2.24) is 0 Å². The molecule has 2 aromatic rings. The van der Waals surface area contributed by atoms with Gasteiger partial charge in [0.15, 0.2) is 0 Å². The number of unbranched alkanes of at least 4 members (excludes halogenated alkanes) is 1. The Balaban J connectivity index is 1.96. The summed E-state index contributed by atoms with van der Waals surface area (Å²) in [7, 11) is 2.03. The average Bonchev–Trinajstić information content (AvgIpc) is 2.81. The van der Waals surface area contributed by atoms with E-state index in [-0.39, 0.29) is 19.4 Å². The summed E-state index contributed by atoms with van der Waals surface area (Å²) in [5.74, 6) is -1.30. The van der Waals surface area contributed by atoms with Gasteiger partial charge in [0, 0.05) is 25.3 Å². The molecule has 0 saturated heterocycles. The van der Waals surface area contributed by atoms with Crippen molar-refractivity contribution < 1.29 is 29.6 Å². The van der Waals surface area contributed by atoms with Crippen molar-refractivity contribution in [3.05, 3.63) is 59.2 Å². The van der Waals surface area contributed by atoms with Crippen LogP contribution in [0.25, 0.3) is 0 Å². The summed E-state index contributed by atoms with van der Waals surface area (Å²) < 4.78 is 5.94. The second-order valence-electron chi connectivity index (χ2n) is 8.84. The molecule has 0 radical (unpaired) electrons. The molecule has 0 bridgehead atoms. The second kappa shape index (κ2) is 13.0. The quantitative estimate of drug-likeness (QED) is 0.324. The minimum absolute atomic E-state index is 0.214. The Morgan fingerprint density at radius 1 is 0.941 bits per heavy atom. The minimum Gasteiger partial charge on any atom is -0.489 e. The third-order valence-corrected chi connectivity index (χ3v) is 6.32. The van der Waals surface area contributed by atoms with Crippen LogP contribution in [0.2, 0.25) is 0 Å². The third kappa shape index (κ3) is 8.71. The van der Waals surface area contributed by atoms with Crippen LogP contribution in [0.15, 0.2) is 42.5 Å². The van der Waals surface area contributed by atoms with Gasteiger partial charge in [0.25, 0.3) is 0 Å². The summed E-state index contributed by atoms with van der Waals surface area (Å²) in [6, 6.07) is 12.9. The first-order valence-corrected chi connectivity index (χ1v) is 11.9. The lowest BCUT2D eigenvalue weighted by Gasteiger charge is -2.26. The molecule has 7 heteroatoms. The van der Waals surface area contributed by atoms with Gasteiger partial charge in [-0.3, -0.25) is 9.59 Å². The Morgan fingerprint density at radius 3 is 2.26 bits per heavy atom. The maximum absolute atomic E-state index is 11.2. The molecule has 0 saturated carbocycles. The zero-order valence-electron chi connectivity index (χ0n) is 20.4. The van der Waals surface area contributed by atoms with E-state index in [1.807, 2.05) is 45.2 Å². The predicted molar refractivity (Wildman–Crippen MR) is 133 cm³/mol. The lowest BCUT2D eigenvalue weighted by molar-refractivity contribution is -0.137. The van der Waals surface area contributed by atoms with E-state index in [0.717, 1.165) is 49.9 Å². The molecule has 0 aliphatic rings. The van der Waals surface area contributed by atoms with Crippen molar-refractivity contribution in [1.29, 1.82) is 0 Å². The molecule has 0 spiro atoms. The highest BCUT2D eigenvalue weighted by atomic mass is 16.5. The lowest BCUT2D eigenvalue weighted by atomic mass is 9.91. The predicted octanol–water partition coefficient (Wildman–Crippen LogP) is 4.68. The van der Waals surface area contributed by atoms with Crippen molar-refractivity contribution in [2.45, 2.75) is 71.0 Å². The van der Waals surface area contributed by atoms with Gasteiger partial charge in [0.05, 0.1) is 18.4 Å². The first-order valence-electron chi connectivity index (χ1n) is 11.9. The molecule has 0 fully saturated rings. The van der Waals surface area contributed by atoms with Gasteiger partial charge < -0.3 is 25.0 Å². The van der Waals surface area contributed by atoms with E-state index in [2.05, 4.69) is 4.90 Å². The van der Waals surface area contributed by atoms with Gasteiger partial charge in [0.2, 0.25) is 0 Å². The zero-order chi connectivity index (χ0) is 25.1. The number of carbonyl (C=O) groups is 2. The summed E-state index contributed by atoms with van der Waals surface area (Å²) in [6.07, 6.45) is 3.87. The van der Waals surface area contributed by atoms with Gasteiger partial charge in [-0.15, -0.1) is 0 Å². The van der Waals surface area contributed by atoms with Crippen molar-refractivity contribution in [3.63, 3.8) is 0 Å². The molecule has 0 aromatic heterocycles. The van der Waals surface area contributed by atoms with Crippen LogP contribution >= 0.6 is 0 Å². The largest absolute Gasteiger partial charge is 0.489 e. The summed E-state index contributed by atoms with van der Waals surface area (Å²) in [5, 5.41) is 28.6. The average molecular weight is 472 g/mol. The summed E-state index contributed by atoms with van der Waals surface area (Å²) >= 11 is 0. The number of aliphatic hydroxyl groups is 1. The van der Waals surface area contributed by atoms with Gasteiger partial charge in [-0.2, -0.15) is 0 Å². The fourth-order valence-electron chi connectivity index (χ4n) is 3.94. The fraction of sp³-hybridized carbons (Fsp3) is 0.481. The Hall–Kier alpha value is -3.06. The molecule has 7 nitrogen and oxygen atoms in total. The number of carboxylic acids is 2. The van der Waals surface area contributed by atoms with Crippen molar-refractivity contribution in [3.8, 4) is 5.75 Å². The highest BCUT2D eigenvalue weighted by Gasteiger charge is 2.21. The molecule has 0 amide bonds. The molecule has 0 atom stereocenters. The van der Waals surface area contributed by atoms with E-state index < -0.39 is 17.5 Å². The van der Waals surface area contributed by atoms with Gasteiger partial charge in [-0.25, -0.2) is 0 Å². The van der Waals surface area contributed by atoms with Crippen LogP contribution in [0.1, 0.15) is 62.6 Å². The summed E-state index contributed by atoms with van der Waals surface area (Å²) in [4.78, 5) is 24.4. The highest BCUT2D eigenvalue weighted by Crippen LogP contribution is 2.24. The Labute approximate surface area is 202 Å². The molecular formula is C27H37NO6. The maximum Gasteiger partial charge on any atom is 0.307 e. The number of ether oxygens (including phenoxy) is 1. The standard InChI is InChI=1S/C27H37NO6/c1-4-27(33,5-2)13-6-7-14-28(3)23-9-8-10-24(18-23)34-19-20-11-12-21(16-25(29)30)22(15-20)17-26(31)32/h8-12,15,18,33H,4-7,13-14,16-17,19H2,1-3H3,(H,29,30)(H,31,32). The normalized spacial score (nSPS) is 11.3. The van der Waals surface area contributed by atoms with Crippen LogP contribution in [-0.2, 0) is 29.0 Å². The number of aliphatic carboxylic acids is 2. The first-order chi connectivity index (χ1) is 16.2. The third-order valence-electron chi connectivity index (χ3n) is 6.32. The molecule has 0 heterocycles. The number of hydrogen-bond donors (Lipinski definition) is 3. The molecule has 34 heavy (non-hydrogen) atoms. The Kier molecular flexibility index (Phi) is 10.4.